The van der Waals surface area contributed by atoms with Crippen LogP contribution in [0.4, 0.5) is 5.69 Å². The Hall–Kier alpha value is -6.15. The Kier molecular flexibility index (Phi) is 6.63. The van der Waals surface area contributed by atoms with Crippen molar-refractivity contribution in [3.8, 4) is 16.9 Å². The Morgan fingerprint density at radius 2 is 1.62 bits per heavy atom. The number of non-ortho nitro benzene ring substituents is 1. The summed E-state index contributed by atoms with van der Waals surface area (Å²) >= 11 is 0. The number of ketones is 2. The number of hydrogen-bond acceptors (Lipinski definition) is 11. The lowest BCUT2D eigenvalue weighted by molar-refractivity contribution is -0.384. The highest BCUT2D eigenvalue weighted by atomic mass is 16.6. The number of nitro benzene ring substituents is 1. The Morgan fingerprint density at radius 3 is 2.25 bits per heavy atom. The van der Waals surface area contributed by atoms with Gasteiger partial charge in [-0.25, -0.2) is 0 Å². The molecule has 242 valence electrons. The van der Waals surface area contributed by atoms with Crippen LogP contribution in [-0.4, -0.2) is 65.1 Å². The topological polar surface area (TPSA) is 239 Å². The van der Waals surface area contributed by atoms with E-state index in [1.165, 1.54) is 36.4 Å². The molecule has 1 unspecified atom stereocenters. The lowest BCUT2D eigenvalue weighted by Gasteiger charge is -2.46. The van der Waals surface area contributed by atoms with Gasteiger partial charge in [-0.05, 0) is 53.6 Å². The average molecular weight is 652 g/mol. The fourth-order valence-electron chi connectivity index (χ4n) is 7.46. The van der Waals surface area contributed by atoms with E-state index in [2.05, 4.69) is 0 Å². The number of carbonyl (C=O) groups is 5. The molecule has 4 aliphatic rings. The third-order valence-corrected chi connectivity index (χ3v) is 9.72. The first kappa shape index (κ1) is 30.5. The molecule has 1 aliphatic heterocycles. The van der Waals surface area contributed by atoms with Crippen LogP contribution >= 0.6 is 0 Å². The van der Waals surface area contributed by atoms with Crippen LogP contribution in [0, 0.1) is 22.0 Å². The van der Waals surface area contributed by atoms with E-state index >= 15 is 0 Å². The van der Waals surface area contributed by atoms with Gasteiger partial charge < -0.3 is 26.2 Å². The van der Waals surface area contributed by atoms with Crippen LogP contribution in [0.25, 0.3) is 16.9 Å². The van der Waals surface area contributed by atoms with Crippen molar-refractivity contribution in [3.05, 3.63) is 109 Å². The first-order valence-electron chi connectivity index (χ1n) is 14.8. The minimum Gasteiger partial charge on any atom is -0.508 e. The van der Waals surface area contributed by atoms with Gasteiger partial charge in [-0.3, -0.25) is 39.0 Å². The van der Waals surface area contributed by atoms with Gasteiger partial charge in [0.05, 0.1) is 28.2 Å². The fourth-order valence-corrected chi connectivity index (χ4v) is 7.46. The SMILES string of the molecule is NC(=O)C1=C(O)[C@@]2(O)C(=O)C3=C(O)c4c(O)c(CN5C(=O)c6ccccc6C5=O)cc(-c5cccc([N+](=O)[O-])c5)c4CC3C[C@H]2CC1=O. The highest BCUT2D eigenvalue weighted by molar-refractivity contribution is 6.23. The summed E-state index contributed by atoms with van der Waals surface area (Å²) in [5.74, 6) is -9.31. The zero-order valence-corrected chi connectivity index (χ0v) is 24.8. The van der Waals surface area contributed by atoms with Crippen molar-refractivity contribution in [1.82, 2.24) is 4.90 Å². The number of benzene rings is 3. The number of phenolic OH excluding ortho intramolecular Hbond substituents is 1. The molecule has 3 aliphatic carbocycles. The molecule has 0 saturated heterocycles. The average Bonchev–Trinajstić information content (AvgIpc) is 3.28. The zero-order valence-electron chi connectivity index (χ0n) is 24.8. The number of amides is 3. The molecule has 14 heteroatoms. The van der Waals surface area contributed by atoms with Crippen molar-refractivity contribution in [2.24, 2.45) is 17.6 Å². The molecule has 3 atom stereocenters. The van der Waals surface area contributed by atoms with Gasteiger partial charge in [0.2, 0.25) is 5.78 Å². The van der Waals surface area contributed by atoms with Crippen LogP contribution in [-0.2, 0) is 27.3 Å². The summed E-state index contributed by atoms with van der Waals surface area (Å²) in [5, 5.41) is 57.5. The van der Waals surface area contributed by atoms with E-state index in [-0.39, 0.29) is 57.5 Å². The van der Waals surface area contributed by atoms with Crippen LogP contribution in [0.15, 0.2) is 71.5 Å². The molecule has 0 bridgehead atoms. The number of nitro groups is 1. The van der Waals surface area contributed by atoms with Crippen molar-refractivity contribution in [2.75, 3.05) is 0 Å². The maximum absolute atomic E-state index is 14.0. The van der Waals surface area contributed by atoms with E-state index in [1.807, 2.05) is 0 Å². The summed E-state index contributed by atoms with van der Waals surface area (Å²) in [7, 11) is 0. The molecule has 1 saturated carbocycles. The van der Waals surface area contributed by atoms with Crippen molar-refractivity contribution in [1.29, 1.82) is 0 Å². The zero-order chi connectivity index (χ0) is 34.4. The van der Waals surface area contributed by atoms with Crippen molar-refractivity contribution >= 4 is 40.7 Å². The number of primary amides is 1. The Balaban J connectivity index is 1.43. The van der Waals surface area contributed by atoms with Crippen LogP contribution in [0.3, 0.4) is 0 Å². The van der Waals surface area contributed by atoms with Gasteiger partial charge in [0.25, 0.3) is 23.4 Å². The Labute approximate surface area is 270 Å². The molecule has 14 nitrogen and oxygen atoms in total. The predicted octanol–water partition coefficient (Wildman–Crippen LogP) is 2.80. The van der Waals surface area contributed by atoms with Crippen molar-refractivity contribution < 1.29 is 49.3 Å². The summed E-state index contributed by atoms with van der Waals surface area (Å²) in [6, 6.07) is 13.1. The van der Waals surface area contributed by atoms with E-state index < -0.39 is 87.5 Å². The molecule has 1 heterocycles. The minimum absolute atomic E-state index is 0.0442. The molecular formula is C34H25N3O11. The molecule has 3 aromatic carbocycles. The summed E-state index contributed by atoms with van der Waals surface area (Å²) in [5.41, 5.74) is 1.74. The summed E-state index contributed by atoms with van der Waals surface area (Å²) < 4.78 is 0. The second-order valence-electron chi connectivity index (χ2n) is 12.2. The van der Waals surface area contributed by atoms with E-state index in [0.717, 1.165) is 4.90 Å². The minimum atomic E-state index is -2.77. The molecule has 0 radical (unpaired) electrons. The molecular weight excluding hydrogens is 626 g/mol. The van der Waals surface area contributed by atoms with Gasteiger partial charge in [-0.2, -0.15) is 0 Å². The van der Waals surface area contributed by atoms with Crippen LogP contribution in [0.1, 0.15) is 50.2 Å². The smallest absolute Gasteiger partial charge is 0.270 e. The molecule has 0 spiro atoms. The first-order chi connectivity index (χ1) is 22.7. The number of hydrogen-bond donors (Lipinski definition) is 5. The molecule has 6 N–H and O–H groups in total. The van der Waals surface area contributed by atoms with E-state index in [1.54, 1.807) is 18.2 Å². The Morgan fingerprint density at radius 1 is 0.958 bits per heavy atom. The Bertz CT molecular complexity index is 2110. The van der Waals surface area contributed by atoms with Gasteiger partial charge in [0.15, 0.2) is 11.4 Å². The number of imide groups is 1. The number of aliphatic hydroxyl groups is 3. The van der Waals surface area contributed by atoms with Gasteiger partial charge in [-0.1, -0.05) is 24.3 Å². The third-order valence-electron chi connectivity index (χ3n) is 9.72. The largest absolute Gasteiger partial charge is 0.508 e. The third kappa shape index (κ3) is 4.12. The quantitative estimate of drug-likeness (QED) is 0.116. The number of aliphatic hydroxyl groups excluding tert-OH is 2. The summed E-state index contributed by atoms with van der Waals surface area (Å²) in [6.45, 7) is -0.479. The number of phenols is 1. The molecule has 3 amide bonds. The van der Waals surface area contributed by atoms with E-state index in [0.29, 0.717) is 5.56 Å². The van der Waals surface area contributed by atoms with Crippen LogP contribution in [0.2, 0.25) is 0 Å². The monoisotopic (exact) mass is 651 g/mol. The lowest BCUT2D eigenvalue weighted by atomic mass is 9.59. The number of nitrogens with zero attached hydrogens (tertiary/aromatic N) is 2. The number of nitrogens with two attached hydrogens (primary N) is 1. The molecule has 1 fully saturated rings. The summed E-state index contributed by atoms with van der Waals surface area (Å²) in [6.07, 6.45) is -0.674. The maximum Gasteiger partial charge on any atom is 0.270 e. The normalized spacial score (nSPS) is 23.1. The number of aromatic hydroxyl groups is 1. The van der Waals surface area contributed by atoms with Crippen LogP contribution in [0.5, 0.6) is 5.75 Å². The number of fused-ring (bicyclic) bond motifs is 4. The maximum atomic E-state index is 14.0. The highest BCUT2D eigenvalue weighted by Crippen LogP contribution is 2.54. The molecule has 48 heavy (non-hydrogen) atoms. The molecule has 3 aromatic rings. The highest BCUT2D eigenvalue weighted by Gasteiger charge is 2.60. The number of Topliss-reactive ketones (excluding diaryl/α,β-unsaturated/α-hetero) is 2. The first-order valence-corrected chi connectivity index (χ1v) is 14.8. The van der Waals surface area contributed by atoms with Gasteiger partial charge in [0.1, 0.15) is 22.8 Å². The van der Waals surface area contributed by atoms with E-state index in [9.17, 15) is 54.5 Å². The van der Waals surface area contributed by atoms with E-state index in [4.69, 9.17) is 5.73 Å². The predicted molar refractivity (Wildman–Crippen MR) is 164 cm³/mol. The van der Waals surface area contributed by atoms with Gasteiger partial charge >= 0.3 is 0 Å². The standard InChI is InChI=1S/C34H25N3O11/c35-31(43)26-23(38)12-17-8-15-10-22-21(14-4-3-5-18(9-14)37(47)48)11-16(13-36-32(44)19-6-1-2-7-20(19)33(36)45)27(39)25(22)28(40)24(15)29(41)34(17,46)30(26)42/h1-7,9,11,15,17,39-40,42,46H,8,10,12-13H2,(H2,35,43)/t15?,17-,34-/m0/s1. The number of carbonyl (C=O) groups excluding carboxylic acids is 5. The second-order valence-corrected chi connectivity index (χ2v) is 12.2. The second kappa shape index (κ2) is 10.4. The fraction of sp³-hybridized carbons (Fsp3) is 0.206. The summed E-state index contributed by atoms with van der Waals surface area (Å²) in [4.78, 5) is 77.0. The lowest BCUT2D eigenvalue weighted by Crippen LogP contribution is -2.58. The van der Waals surface area contributed by atoms with Crippen molar-refractivity contribution in [2.45, 2.75) is 31.4 Å². The van der Waals surface area contributed by atoms with Gasteiger partial charge in [-0.15, -0.1) is 0 Å². The molecule has 0 aromatic heterocycles. The van der Waals surface area contributed by atoms with Gasteiger partial charge in [0, 0.05) is 35.6 Å². The van der Waals surface area contributed by atoms with Crippen molar-refractivity contribution in [3.63, 3.8) is 0 Å². The van der Waals surface area contributed by atoms with Crippen LogP contribution < -0.4 is 5.73 Å². The number of rotatable bonds is 5. The molecule has 7 rings (SSSR count).